The third kappa shape index (κ3) is 3.06. The number of likely N-dealkylation sites (tertiary alicyclic amines) is 1. The van der Waals surface area contributed by atoms with Gasteiger partial charge in [-0.2, -0.15) is 0 Å². The second-order valence-electron chi connectivity index (χ2n) is 5.50. The smallest absolute Gasteiger partial charge is 0.253 e. The third-order valence-corrected chi connectivity index (χ3v) is 5.07. The maximum atomic E-state index is 12.5. The zero-order chi connectivity index (χ0) is 14.8. The summed E-state index contributed by atoms with van der Waals surface area (Å²) in [6.07, 6.45) is 1.48. The number of carbonyl (C=O) groups excluding carboxylic acids is 2. The first-order valence-electron chi connectivity index (χ1n) is 7.23. The van der Waals surface area contributed by atoms with Gasteiger partial charge in [-0.3, -0.25) is 9.59 Å². The number of anilines is 1. The summed E-state index contributed by atoms with van der Waals surface area (Å²) in [7, 11) is 0. The van der Waals surface area contributed by atoms with Crippen LogP contribution in [-0.2, 0) is 4.79 Å². The van der Waals surface area contributed by atoms with Crippen molar-refractivity contribution in [3.05, 3.63) is 23.8 Å². The van der Waals surface area contributed by atoms with E-state index in [1.54, 1.807) is 17.8 Å². The number of hydrogen-bond donors (Lipinski definition) is 2. The number of rotatable bonds is 2. The molecule has 1 aromatic rings. The molecule has 1 aromatic carbocycles. The average molecular weight is 305 g/mol. The molecule has 2 amide bonds. The van der Waals surface area contributed by atoms with E-state index in [0.29, 0.717) is 24.4 Å². The number of nitrogens with zero attached hydrogens (tertiary/aromatic N) is 1. The predicted octanol–water partition coefficient (Wildman–Crippen LogP) is 1.54. The molecule has 2 aliphatic rings. The van der Waals surface area contributed by atoms with E-state index in [9.17, 15) is 9.59 Å². The molecule has 6 heteroatoms. The summed E-state index contributed by atoms with van der Waals surface area (Å²) in [5.74, 6) is 1.22. The number of fused-ring (bicyclic) bond motifs is 1. The van der Waals surface area contributed by atoms with E-state index in [4.69, 9.17) is 5.73 Å². The van der Waals surface area contributed by atoms with Gasteiger partial charge in [0.1, 0.15) is 0 Å². The summed E-state index contributed by atoms with van der Waals surface area (Å²) in [6, 6.07) is 5.57. The maximum Gasteiger partial charge on any atom is 0.253 e. The van der Waals surface area contributed by atoms with Crippen LogP contribution in [0.25, 0.3) is 0 Å². The quantitative estimate of drug-likeness (QED) is 0.869. The monoisotopic (exact) mass is 305 g/mol. The number of nitrogens with one attached hydrogen (secondary N) is 1. The van der Waals surface area contributed by atoms with Crippen molar-refractivity contribution >= 4 is 29.3 Å². The first-order valence-corrected chi connectivity index (χ1v) is 8.22. The van der Waals surface area contributed by atoms with Crippen molar-refractivity contribution in [2.24, 2.45) is 11.7 Å². The molecule has 1 atom stereocenters. The molecule has 5 nitrogen and oxygen atoms in total. The molecule has 0 aliphatic carbocycles. The lowest BCUT2D eigenvalue weighted by Crippen LogP contribution is -2.29. The molecule has 112 valence electrons. The first kappa shape index (κ1) is 14.4. The third-order valence-electron chi connectivity index (χ3n) is 3.99. The Labute approximate surface area is 128 Å². The van der Waals surface area contributed by atoms with Crippen LogP contribution in [0.3, 0.4) is 0 Å². The minimum absolute atomic E-state index is 0.00946. The van der Waals surface area contributed by atoms with Crippen LogP contribution >= 0.6 is 11.8 Å². The first-order chi connectivity index (χ1) is 10.2. The Balaban J connectivity index is 1.80. The fourth-order valence-corrected chi connectivity index (χ4v) is 3.68. The number of carbonyl (C=O) groups is 2. The normalized spacial score (nSPS) is 21.7. The lowest BCUT2D eigenvalue weighted by molar-refractivity contribution is -0.115. The number of amides is 2. The maximum absolute atomic E-state index is 12.5. The SMILES string of the molecule is NCC1CCN(C(=O)c2ccc3c(c2)NC(=O)CCS3)C1. The predicted molar refractivity (Wildman–Crippen MR) is 83.5 cm³/mol. The Bertz CT molecular complexity index is 576. The zero-order valence-corrected chi connectivity index (χ0v) is 12.6. The van der Waals surface area contributed by atoms with Gasteiger partial charge in [-0.25, -0.2) is 0 Å². The number of thioether (sulfide) groups is 1. The summed E-state index contributed by atoms with van der Waals surface area (Å²) in [6.45, 7) is 2.12. The Morgan fingerprint density at radius 3 is 3.10 bits per heavy atom. The molecule has 0 aromatic heterocycles. The summed E-state index contributed by atoms with van der Waals surface area (Å²) in [5, 5.41) is 2.88. The summed E-state index contributed by atoms with van der Waals surface area (Å²) >= 11 is 1.65. The van der Waals surface area contributed by atoms with Gasteiger partial charge in [0.15, 0.2) is 0 Å². The molecular formula is C15H19N3O2S. The van der Waals surface area contributed by atoms with E-state index < -0.39 is 0 Å². The molecule has 3 rings (SSSR count). The van der Waals surface area contributed by atoms with Crippen molar-refractivity contribution in [2.75, 3.05) is 30.7 Å². The Kier molecular flexibility index (Phi) is 4.17. The van der Waals surface area contributed by atoms with Crippen LogP contribution in [0.2, 0.25) is 0 Å². The van der Waals surface area contributed by atoms with E-state index in [1.165, 1.54) is 0 Å². The molecular weight excluding hydrogens is 286 g/mol. The summed E-state index contributed by atoms with van der Waals surface area (Å²) in [4.78, 5) is 27.0. The van der Waals surface area contributed by atoms with Crippen molar-refractivity contribution in [1.29, 1.82) is 0 Å². The van der Waals surface area contributed by atoms with Crippen molar-refractivity contribution < 1.29 is 9.59 Å². The molecule has 0 radical (unpaired) electrons. The van der Waals surface area contributed by atoms with Gasteiger partial charge in [0.2, 0.25) is 5.91 Å². The van der Waals surface area contributed by atoms with Gasteiger partial charge in [0.25, 0.3) is 5.91 Å². The van der Waals surface area contributed by atoms with Gasteiger partial charge in [-0.1, -0.05) is 0 Å². The molecule has 2 aliphatic heterocycles. The van der Waals surface area contributed by atoms with Crippen molar-refractivity contribution in [3.8, 4) is 0 Å². The standard InChI is InChI=1S/C15H19N3O2S/c16-8-10-3-5-18(9-10)15(20)11-1-2-13-12(7-11)17-14(19)4-6-21-13/h1-2,7,10H,3-6,8-9,16H2,(H,17,19). The summed E-state index contributed by atoms with van der Waals surface area (Å²) in [5.41, 5.74) is 7.06. The average Bonchev–Trinajstić information content (AvgIpc) is 2.89. The number of hydrogen-bond acceptors (Lipinski definition) is 4. The highest BCUT2D eigenvalue weighted by Gasteiger charge is 2.26. The molecule has 0 saturated carbocycles. The number of nitrogens with two attached hydrogens (primary N) is 1. The van der Waals surface area contributed by atoms with E-state index in [0.717, 1.165) is 35.8 Å². The minimum atomic E-state index is 0.00946. The molecule has 0 spiro atoms. The van der Waals surface area contributed by atoms with Crippen LogP contribution in [0.5, 0.6) is 0 Å². The van der Waals surface area contributed by atoms with Crippen molar-refractivity contribution in [2.45, 2.75) is 17.7 Å². The lowest BCUT2D eigenvalue weighted by atomic mass is 10.1. The fraction of sp³-hybridized carbons (Fsp3) is 0.467. The Morgan fingerprint density at radius 2 is 2.33 bits per heavy atom. The molecule has 2 heterocycles. The summed E-state index contributed by atoms with van der Waals surface area (Å²) < 4.78 is 0. The molecule has 1 unspecified atom stereocenters. The van der Waals surface area contributed by atoms with E-state index in [2.05, 4.69) is 5.32 Å². The van der Waals surface area contributed by atoms with Crippen LogP contribution < -0.4 is 11.1 Å². The van der Waals surface area contributed by atoms with Gasteiger partial charge < -0.3 is 16.0 Å². The van der Waals surface area contributed by atoms with Crippen LogP contribution in [-0.4, -0.2) is 42.1 Å². The second-order valence-corrected chi connectivity index (χ2v) is 6.64. The fourth-order valence-electron chi connectivity index (χ4n) is 2.75. The van der Waals surface area contributed by atoms with E-state index in [1.807, 2.05) is 17.0 Å². The highest BCUT2D eigenvalue weighted by Crippen LogP contribution is 2.32. The lowest BCUT2D eigenvalue weighted by Gasteiger charge is -2.17. The highest BCUT2D eigenvalue weighted by molar-refractivity contribution is 7.99. The highest BCUT2D eigenvalue weighted by atomic mass is 32.2. The van der Waals surface area contributed by atoms with Gasteiger partial charge in [-0.15, -0.1) is 11.8 Å². The second kappa shape index (κ2) is 6.07. The van der Waals surface area contributed by atoms with Gasteiger partial charge in [0.05, 0.1) is 5.69 Å². The number of benzene rings is 1. The molecule has 1 saturated heterocycles. The largest absolute Gasteiger partial charge is 0.338 e. The van der Waals surface area contributed by atoms with E-state index >= 15 is 0 Å². The van der Waals surface area contributed by atoms with Gasteiger partial charge in [0, 0.05) is 35.7 Å². The van der Waals surface area contributed by atoms with Crippen LogP contribution in [0.15, 0.2) is 23.1 Å². The topological polar surface area (TPSA) is 75.4 Å². The molecule has 0 bridgehead atoms. The zero-order valence-electron chi connectivity index (χ0n) is 11.8. The minimum Gasteiger partial charge on any atom is -0.338 e. The van der Waals surface area contributed by atoms with Gasteiger partial charge >= 0.3 is 0 Å². The van der Waals surface area contributed by atoms with Crippen LogP contribution in [0.4, 0.5) is 5.69 Å². The Morgan fingerprint density at radius 1 is 1.48 bits per heavy atom. The van der Waals surface area contributed by atoms with Crippen LogP contribution in [0, 0.1) is 5.92 Å². The van der Waals surface area contributed by atoms with Crippen molar-refractivity contribution in [3.63, 3.8) is 0 Å². The molecule has 21 heavy (non-hydrogen) atoms. The van der Waals surface area contributed by atoms with Gasteiger partial charge in [-0.05, 0) is 37.1 Å². The molecule has 1 fully saturated rings. The van der Waals surface area contributed by atoms with E-state index in [-0.39, 0.29) is 11.8 Å². The Hall–Kier alpha value is -1.53. The van der Waals surface area contributed by atoms with Crippen LogP contribution in [0.1, 0.15) is 23.2 Å². The van der Waals surface area contributed by atoms with Crippen molar-refractivity contribution in [1.82, 2.24) is 4.90 Å². The molecule has 3 N–H and O–H groups in total.